The molecule has 7 nitrogen and oxygen atoms in total. The first-order valence-electron chi connectivity index (χ1n) is 10.5. The Bertz CT molecular complexity index is 786. The SMILES string of the molecule is C=CCN1C(=O)CC(C(=O)OC)C12CCN(Cc1ccc(OC)c(OCC)c1)CC2. The van der Waals surface area contributed by atoms with E-state index in [9.17, 15) is 9.59 Å². The van der Waals surface area contributed by atoms with Crippen LogP contribution in [0.4, 0.5) is 0 Å². The minimum atomic E-state index is -0.481. The van der Waals surface area contributed by atoms with Crippen LogP contribution in [-0.4, -0.2) is 67.7 Å². The average Bonchev–Trinajstić information content (AvgIpc) is 3.02. The molecule has 3 rings (SSSR count). The van der Waals surface area contributed by atoms with Crippen molar-refractivity contribution in [3.8, 4) is 11.5 Å². The van der Waals surface area contributed by atoms with E-state index in [1.54, 1.807) is 13.2 Å². The van der Waals surface area contributed by atoms with Crippen molar-refractivity contribution in [3.63, 3.8) is 0 Å². The second-order valence-electron chi connectivity index (χ2n) is 7.87. The Morgan fingerprint density at radius 1 is 1.27 bits per heavy atom. The zero-order valence-electron chi connectivity index (χ0n) is 18.2. The number of nitrogens with zero attached hydrogens (tertiary/aromatic N) is 2. The highest BCUT2D eigenvalue weighted by molar-refractivity contribution is 5.89. The topological polar surface area (TPSA) is 68.3 Å². The lowest BCUT2D eigenvalue weighted by Gasteiger charge is -2.46. The largest absolute Gasteiger partial charge is 0.493 e. The zero-order valence-corrected chi connectivity index (χ0v) is 18.2. The van der Waals surface area contributed by atoms with Gasteiger partial charge < -0.3 is 19.1 Å². The Hall–Kier alpha value is -2.54. The van der Waals surface area contributed by atoms with E-state index in [4.69, 9.17) is 14.2 Å². The van der Waals surface area contributed by atoms with E-state index in [0.717, 1.165) is 49.5 Å². The van der Waals surface area contributed by atoms with Gasteiger partial charge in [0, 0.05) is 32.6 Å². The van der Waals surface area contributed by atoms with Crippen molar-refractivity contribution in [3.05, 3.63) is 36.4 Å². The lowest BCUT2D eigenvalue weighted by molar-refractivity contribution is -0.150. The molecule has 1 aromatic carbocycles. The third kappa shape index (κ3) is 4.17. The molecule has 1 unspecified atom stereocenters. The Kier molecular flexibility index (Phi) is 7.02. The lowest BCUT2D eigenvalue weighted by atomic mass is 9.76. The molecule has 2 aliphatic rings. The van der Waals surface area contributed by atoms with E-state index >= 15 is 0 Å². The Balaban J connectivity index is 1.73. The first-order chi connectivity index (χ1) is 14.5. The van der Waals surface area contributed by atoms with Crippen LogP contribution in [0.2, 0.25) is 0 Å². The number of hydrogen-bond acceptors (Lipinski definition) is 6. The summed E-state index contributed by atoms with van der Waals surface area (Å²) in [7, 11) is 3.03. The van der Waals surface area contributed by atoms with Gasteiger partial charge in [-0.05, 0) is 37.5 Å². The molecule has 164 valence electrons. The average molecular weight is 417 g/mol. The number of carbonyl (C=O) groups is 2. The normalized spacial score (nSPS) is 21.0. The number of carbonyl (C=O) groups excluding carboxylic acids is 2. The fourth-order valence-electron chi connectivity index (χ4n) is 4.83. The summed E-state index contributed by atoms with van der Waals surface area (Å²) in [4.78, 5) is 29.3. The van der Waals surface area contributed by atoms with Gasteiger partial charge in [-0.3, -0.25) is 14.5 Å². The number of likely N-dealkylation sites (tertiary alicyclic amines) is 2. The molecule has 1 spiro atoms. The number of rotatable bonds is 8. The van der Waals surface area contributed by atoms with Crippen LogP contribution in [0, 0.1) is 5.92 Å². The maximum absolute atomic E-state index is 12.6. The zero-order chi connectivity index (χ0) is 21.7. The van der Waals surface area contributed by atoms with E-state index < -0.39 is 11.5 Å². The maximum Gasteiger partial charge on any atom is 0.311 e. The minimum absolute atomic E-state index is 0.00950. The van der Waals surface area contributed by atoms with Crippen molar-refractivity contribution < 1.29 is 23.8 Å². The monoisotopic (exact) mass is 416 g/mol. The maximum atomic E-state index is 12.6. The molecule has 0 bridgehead atoms. The quantitative estimate of drug-likeness (QED) is 0.479. The van der Waals surface area contributed by atoms with Gasteiger partial charge in [-0.1, -0.05) is 12.1 Å². The molecule has 1 amide bonds. The third-order valence-electron chi connectivity index (χ3n) is 6.32. The van der Waals surface area contributed by atoms with E-state index in [1.165, 1.54) is 7.11 Å². The summed E-state index contributed by atoms with van der Waals surface area (Å²) >= 11 is 0. The number of ether oxygens (including phenoxy) is 3. The highest BCUT2D eigenvalue weighted by Gasteiger charge is 2.56. The summed E-state index contributed by atoms with van der Waals surface area (Å²) in [6.45, 7) is 9.15. The van der Waals surface area contributed by atoms with Crippen LogP contribution < -0.4 is 9.47 Å². The van der Waals surface area contributed by atoms with Gasteiger partial charge in [-0.2, -0.15) is 0 Å². The Labute approximate surface area is 178 Å². The molecule has 0 saturated carbocycles. The Morgan fingerprint density at radius 2 is 2.00 bits per heavy atom. The van der Waals surface area contributed by atoms with Crippen LogP contribution in [-0.2, 0) is 20.9 Å². The van der Waals surface area contributed by atoms with Crippen LogP contribution in [0.3, 0.4) is 0 Å². The first-order valence-corrected chi connectivity index (χ1v) is 10.5. The molecule has 0 radical (unpaired) electrons. The fourth-order valence-corrected chi connectivity index (χ4v) is 4.83. The second-order valence-corrected chi connectivity index (χ2v) is 7.87. The summed E-state index contributed by atoms with van der Waals surface area (Å²) in [5, 5.41) is 0. The van der Waals surface area contributed by atoms with Crippen molar-refractivity contribution in [2.75, 3.05) is 40.5 Å². The molecule has 7 heteroatoms. The number of esters is 1. The molecule has 1 atom stereocenters. The van der Waals surface area contributed by atoms with Crippen molar-refractivity contribution in [2.24, 2.45) is 5.92 Å². The molecule has 0 aliphatic carbocycles. The predicted molar refractivity (Wildman–Crippen MR) is 113 cm³/mol. The minimum Gasteiger partial charge on any atom is -0.493 e. The van der Waals surface area contributed by atoms with Crippen molar-refractivity contribution in [2.45, 2.75) is 38.3 Å². The van der Waals surface area contributed by atoms with Gasteiger partial charge in [0.15, 0.2) is 11.5 Å². The van der Waals surface area contributed by atoms with Gasteiger partial charge >= 0.3 is 5.97 Å². The highest BCUT2D eigenvalue weighted by Crippen LogP contribution is 2.44. The van der Waals surface area contributed by atoms with Crippen LogP contribution in [0.15, 0.2) is 30.9 Å². The molecular formula is C23H32N2O5. The van der Waals surface area contributed by atoms with Gasteiger partial charge in [-0.15, -0.1) is 6.58 Å². The van der Waals surface area contributed by atoms with E-state index in [0.29, 0.717) is 13.2 Å². The molecule has 2 saturated heterocycles. The third-order valence-corrected chi connectivity index (χ3v) is 6.32. The standard InChI is InChI=1S/C23H32N2O5/c1-5-11-25-21(26)15-18(22(27)29-4)23(25)9-12-24(13-10-23)16-17-7-8-19(28-3)20(14-17)30-6-2/h5,7-8,14,18H,1,6,9-13,15-16H2,2-4H3. The molecular weight excluding hydrogens is 384 g/mol. The molecule has 0 aromatic heterocycles. The number of benzene rings is 1. The molecule has 2 heterocycles. The molecule has 0 N–H and O–H groups in total. The van der Waals surface area contributed by atoms with Gasteiger partial charge in [0.1, 0.15) is 0 Å². The smallest absolute Gasteiger partial charge is 0.311 e. The van der Waals surface area contributed by atoms with Crippen LogP contribution in [0.1, 0.15) is 31.7 Å². The summed E-state index contributed by atoms with van der Waals surface area (Å²) in [6, 6.07) is 6.00. The van der Waals surface area contributed by atoms with Gasteiger partial charge in [0.25, 0.3) is 0 Å². The van der Waals surface area contributed by atoms with Crippen LogP contribution in [0.25, 0.3) is 0 Å². The van der Waals surface area contributed by atoms with E-state index in [2.05, 4.69) is 11.5 Å². The predicted octanol–water partition coefficient (Wildman–Crippen LogP) is 2.64. The van der Waals surface area contributed by atoms with E-state index in [1.807, 2.05) is 30.0 Å². The molecule has 2 aliphatic heterocycles. The highest BCUT2D eigenvalue weighted by atomic mass is 16.5. The molecule has 2 fully saturated rings. The van der Waals surface area contributed by atoms with Gasteiger partial charge in [-0.25, -0.2) is 0 Å². The molecule has 30 heavy (non-hydrogen) atoms. The van der Waals surface area contributed by atoms with Crippen LogP contribution in [0.5, 0.6) is 11.5 Å². The van der Waals surface area contributed by atoms with Crippen molar-refractivity contribution >= 4 is 11.9 Å². The summed E-state index contributed by atoms with van der Waals surface area (Å²) in [6.07, 6.45) is 3.43. The Morgan fingerprint density at radius 3 is 2.60 bits per heavy atom. The second kappa shape index (κ2) is 9.51. The number of amides is 1. The van der Waals surface area contributed by atoms with Gasteiger partial charge in [0.05, 0.1) is 32.3 Å². The lowest BCUT2D eigenvalue weighted by Crippen LogP contribution is -2.57. The summed E-state index contributed by atoms with van der Waals surface area (Å²) < 4.78 is 16.1. The summed E-state index contributed by atoms with van der Waals surface area (Å²) in [5.74, 6) is 0.775. The number of hydrogen-bond donors (Lipinski definition) is 0. The molecule has 1 aromatic rings. The number of piperidine rings is 1. The van der Waals surface area contributed by atoms with Crippen molar-refractivity contribution in [1.82, 2.24) is 9.80 Å². The van der Waals surface area contributed by atoms with Crippen LogP contribution >= 0.6 is 0 Å². The van der Waals surface area contributed by atoms with Gasteiger partial charge in [0.2, 0.25) is 5.91 Å². The first kappa shape index (κ1) is 22.2. The van der Waals surface area contributed by atoms with Crippen molar-refractivity contribution in [1.29, 1.82) is 0 Å². The summed E-state index contributed by atoms with van der Waals surface area (Å²) in [5.41, 5.74) is 0.663. The number of methoxy groups -OCH3 is 2. The van der Waals surface area contributed by atoms with E-state index in [-0.39, 0.29) is 18.3 Å². The fraction of sp³-hybridized carbons (Fsp3) is 0.565.